The van der Waals surface area contributed by atoms with Gasteiger partial charge in [0, 0.05) is 6.42 Å². The molecule has 156 valence electrons. The van der Waals surface area contributed by atoms with Crippen LogP contribution < -0.4 is 27.8 Å². The Hall–Kier alpha value is -2.20. The molecule has 27 heavy (non-hydrogen) atoms. The van der Waals surface area contributed by atoms with E-state index in [0.29, 0.717) is 25.8 Å². The van der Waals surface area contributed by atoms with E-state index in [0.717, 1.165) is 0 Å². The lowest BCUT2D eigenvalue weighted by Gasteiger charge is -2.24. The Balaban J connectivity index is 5.07. The number of hydrogen-bond acceptors (Lipinski definition) is 6. The lowest BCUT2D eigenvalue weighted by molar-refractivity contribution is -0.142. The minimum absolute atomic E-state index is 0.0464. The topological polar surface area (TPSA) is 191 Å². The van der Waals surface area contributed by atoms with E-state index in [1.807, 2.05) is 6.92 Å². The maximum absolute atomic E-state index is 12.5. The van der Waals surface area contributed by atoms with Crippen molar-refractivity contribution < 1.29 is 24.3 Å². The number of unbranched alkanes of at least 4 members (excludes halogenated alkanes) is 1. The highest BCUT2D eigenvalue weighted by Crippen LogP contribution is 2.08. The molecule has 0 saturated carbocycles. The third-order valence-corrected chi connectivity index (χ3v) is 4.43. The number of rotatable bonds is 14. The van der Waals surface area contributed by atoms with Crippen LogP contribution in [0.5, 0.6) is 0 Å². The van der Waals surface area contributed by atoms with E-state index in [1.54, 1.807) is 6.92 Å². The van der Waals surface area contributed by atoms with Gasteiger partial charge in [-0.3, -0.25) is 14.4 Å². The minimum Gasteiger partial charge on any atom is -0.480 e. The Kier molecular flexibility index (Phi) is 12.0. The van der Waals surface area contributed by atoms with Crippen LogP contribution in [0, 0.1) is 5.92 Å². The predicted molar refractivity (Wildman–Crippen MR) is 100 cm³/mol. The second-order valence-corrected chi connectivity index (χ2v) is 6.66. The van der Waals surface area contributed by atoms with E-state index in [2.05, 4.69) is 10.6 Å². The van der Waals surface area contributed by atoms with Gasteiger partial charge in [0.05, 0.1) is 6.04 Å². The lowest BCUT2D eigenvalue weighted by atomic mass is 9.98. The molecule has 3 amide bonds. The molecule has 0 radical (unpaired) electrons. The maximum atomic E-state index is 12.5. The molecule has 10 heteroatoms. The molecule has 0 aromatic carbocycles. The van der Waals surface area contributed by atoms with E-state index in [-0.39, 0.29) is 25.2 Å². The van der Waals surface area contributed by atoms with Crippen molar-refractivity contribution in [3.63, 3.8) is 0 Å². The summed E-state index contributed by atoms with van der Waals surface area (Å²) < 4.78 is 0. The summed E-state index contributed by atoms with van der Waals surface area (Å²) in [5.74, 6) is -3.15. The van der Waals surface area contributed by atoms with Crippen molar-refractivity contribution >= 4 is 23.7 Å². The van der Waals surface area contributed by atoms with Crippen LogP contribution in [-0.2, 0) is 19.2 Å². The Labute approximate surface area is 159 Å². The second kappa shape index (κ2) is 13.0. The summed E-state index contributed by atoms with van der Waals surface area (Å²) in [6.07, 6.45) is 1.86. The van der Waals surface area contributed by atoms with Crippen LogP contribution in [0.25, 0.3) is 0 Å². The minimum atomic E-state index is -1.18. The molecule has 0 spiro atoms. The lowest BCUT2D eigenvalue weighted by Crippen LogP contribution is -2.55. The Morgan fingerprint density at radius 1 is 1.00 bits per heavy atom. The van der Waals surface area contributed by atoms with E-state index >= 15 is 0 Å². The first-order valence-corrected chi connectivity index (χ1v) is 9.21. The zero-order chi connectivity index (χ0) is 21.0. The van der Waals surface area contributed by atoms with Crippen LogP contribution >= 0.6 is 0 Å². The zero-order valence-corrected chi connectivity index (χ0v) is 16.1. The largest absolute Gasteiger partial charge is 0.480 e. The van der Waals surface area contributed by atoms with Gasteiger partial charge in [-0.1, -0.05) is 20.3 Å². The molecule has 10 nitrogen and oxygen atoms in total. The quantitative estimate of drug-likeness (QED) is 0.202. The van der Waals surface area contributed by atoms with Crippen LogP contribution in [-0.4, -0.2) is 53.5 Å². The van der Waals surface area contributed by atoms with Crippen molar-refractivity contribution in [2.75, 3.05) is 6.54 Å². The molecule has 0 bridgehead atoms. The second-order valence-electron chi connectivity index (χ2n) is 6.66. The molecule has 0 rings (SSSR count). The summed E-state index contributed by atoms with van der Waals surface area (Å²) in [6.45, 7) is 4.11. The third kappa shape index (κ3) is 9.90. The number of hydrogen-bond donors (Lipinski definition) is 6. The van der Waals surface area contributed by atoms with Crippen molar-refractivity contribution in [2.45, 2.75) is 70.5 Å². The van der Waals surface area contributed by atoms with Crippen LogP contribution in [0.1, 0.15) is 52.4 Å². The first kappa shape index (κ1) is 24.8. The van der Waals surface area contributed by atoms with Gasteiger partial charge < -0.3 is 32.9 Å². The van der Waals surface area contributed by atoms with Gasteiger partial charge >= 0.3 is 5.97 Å². The fourth-order valence-electron chi connectivity index (χ4n) is 2.36. The van der Waals surface area contributed by atoms with Crippen LogP contribution in [0.2, 0.25) is 0 Å². The molecular formula is C17H33N5O5. The van der Waals surface area contributed by atoms with Crippen LogP contribution in [0.3, 0.4) is 0 Å². The number of primary amides is 1. The average Bonchev–Trinajstić information content (AvgIpc) is 2.62. The molecule has 0 aromatic heterocycles. The standard InChI is InChI=1S/C17H33N5O5/c1-3-10(2)14(20)16(25)21-11(7-8-13(19)23)15(24)22-12(17(26)27)6-4-5-9-18/h10-12,14H,3-9,18,20H2,1-2H3,(H2,19,23)(H,21,25)(H,22,24)(H,26,27). The molecule has 0 saturated heterocycles. The Morgan fingerprint density at radius 2 is 1.59 bits per heavy atom. The number of carboxylic acids is 1. The molecule has 0 aliphatic heterocycles. The van der Waals surface area contributed by atoms with Crippen molar-refractivity contribution in [3.8, 4) is 0 Å². The fraction of sp³-hybridized carbons (Fsp3) is 0.765. The summed E-state index contributed by atoms with van der Waals surface area (Å²) in [5, 5.41) is 14.2. The van der Waals surface area contributed by atoms with E-state index in [1.165, 1.54) is 0 Å². The summed E-state index contributed by atoms with van der Waals surface area (Å²) >= 11 is 0. The molecule has 0 aliphatic carbocycles. The number of nitrogens with two attached hydrogens (primary N) is 3. The van der Waals surface area contributed by atoms with Crippen molar-refractivity contribution in [1.29, 1.82) is 0 Å². The highest BCUT2D eigenvalue weighted by Gasteiger charge is 2.29. The van der Waals surface area contributed by atoms with Gasteiger partial charge in [-0.2, -0.15) is 0 Å². The van der Waals surface area contributed by atoms with Gasteiger partial charge in [-0.15, -0.1) is 0 Å². The van der Waals surface area contributed by atoms with Gasteiger partial charge in [-0.25, -0.2) is 4.79 Å². The van der Waals surface area contributed by atoms with Crippen molar-refractivity contribution in [2.24, 2.45) is 23.1 Å². The fourth-order valence-corrected chi connectivity index (χ4v) is 2.36. The molecule has 4 unspecified atom stereocenters. The van der Waals surface area contributed by atoms with Crippen molar-refractivity contribution in [1.82, 2.24) is 10.6 Å². The first-order chi connectivity index (χ1) is 12.6. The number of aliphatic carboxylic acids is 1. The summed E-state index contributed by atoms with van der Waals surface area (Å²) in [5.41, 5.74) is 16.4. The van der Waals surface area contributed by atoms with E-state index < -0.39 is 41.8 Å². The molecule has 0 heterocycles. The van der Waals surface area contributed by atoms with E-state index in [9.17, 15) is 24.3 Å². The SMILES string of the molecule is CCC(C)C(N)C(=O)NC(CCC(N)=O)C(=O)NC(CCCCN)C(=O)O. The van der Waals surface area contributed by atoms with Gasteiger partial charge in [0.2, 0.25) is 17.7 Å². The number of carbonyl (C=O) groups excluding carboxylic acids is 3. The predicted octanol–water partition coefficient (Wildman–Crippen LogP) is -1.19. The normalized spacial score (nSPS) is 15.3. The van der Waals surface area contributed by atoms with E-state index in [4.69, 9.17) is 17.2 Å². The maximum Gasteiger partial charge on any atom is 0.326 e. The molecule has 0 fully saturated rings. The molecule has 0 aromatic rings. The third-order valence-electron chi connectivity index (χ3n) is 4.43. The summed E-state index contributed by atoms with van der Waals surface area (Å²) in [4.78, 5) is 47.2. The number of amides is 3. The highest BCUT2D eigenvalue weighted by atomic mass is 16.4. The van der Waals surface area contributed by atoms with Gasteiger partial charge in [-0.05, 0) is 38.1 Å². The van der Waals surface area contributed by atoms with Gasteiger partial charge in [0.25, 0.3) is 0 Å². The monoisotopic (exact) mass is 387 g/mol. The average molecular weight is 387 g/mol. The molecule has 0 aliphatic rings. The van der Waals surface area contributed by atoms with Gasteiger partial charge in [0.15, 0.2) is 0 Å². The highest BCUT2D eigenvalue weighted by molar-refractivity contribution is 5.92. The van der Waals surface area contributed by atoms with Crippen LogP contribution in [0.15, 0.2) is 0 Å². The number of carbonyl (C=O) groups is 4. The molecule has 4 atom stereocenters. The molecular weight excluding hydrogens is 354 g/mol. The number of carboxylic acid groups (broad SMARTS) is 1. The van der Waals surface area contributed by atoms with Crippen molar-refractivity contribution in [3.05, 3.63) is 0 Å². The smallest absolute Gasteiger partial charge is 0.326 e. The van der Waals surface area contributed by atoms with Gasteiger partial charge in [0.1, 0.15) is 12.1 Å². The molecule has 9 N–H and O–H groups in total. The summed E-state index contributed by atoms with van der Waals surface area (Å²) in [7, 11) is 0. The summed E-state index contributed by atoms with van der Waals surface area (Å²) in [6, 6.07) is -3.03. The Bertz CT molecular complexity index is 514. The van der Waals surface area contributed by atoms with Crippen LogP contribution in [0.4, 0.5) is 0 Å². The number of nitrogens with one attached hydrogen (secondary N) is 2. The Morgan fingerprint density at radius 3 is 2.07 bits per heavy atom. The first-order valence-electron chi connectivity index (χ1n) is 9.21. The zero-order valence-electron chi connectivity index (χ0n) is 16.1.